The molecule has 4 heterocycles. The van der Waals surface area contributed by atoms with Crippen molar-refractivity contribution in [3.8, 4) is 17.2 Å². The number of hydrogen-bond donors (Lipinski definition) is 2. The van der Waals surface area contributed by atoms with E-state index in [0.717, 1.165) is 45.8 Å². The summed E-state index contributed by atoms with van der Waals surface area (Å²) in [7, 11) is 1.36. The molecule has 3 aliphatic carbocycles. The number of thioether (sulfide) groups is 1. The number of ketones is 1. The van der Waals surface area contributed by atoms with E-state index in [0.29, 0.717) is 41.0 Å². The van der Waals surface area contributed by atoms with Crippen LogP contribution in [0.2, 0.25) is 0 Å². The number of rotatable bonds is 8. The molecule has 0 amide bonds. The fourth-order valence-electron chi connectivity index (χ4n) is 9.85. The molecule has 6 unspecified atom stereocenters. The Hall–Kier alpha value is -4.21. The first-order valence-corrected chi connectivity index (χ1v) is 20.0. The van der Waals surface area contributed by atoms with Gasteiger partial charge in [-0.15, -0.1) is 11.8 Å². The zero-order valence-electron chi connectivity index (χ0n) is 32.8. The summed E-state index contributed by atoms with van der Waals surface area (Å²) in [5.41, 5.74) is 3.27. The van der Waals surface area contributed by atoms with Gasteiger partial charge in [-0.2, -0.15) is 0 Å². The first kappa shape index (κ1) is 36.8. The number of esters is 1. The number of fused-ring (bicyclic) bond motifs is 4. The summed E-state index contributed by atoms with van der Waals surface area (Å²) in [5, 5.41) is 16.1. The topological polar surface area (TPSA) is 103 Å². The molecule has 8 nitrogen and oxygen atoms in total. The van der Waals surface area contributed by atoms with Crippen LogP contribution in [0.4, 0.5) is 5.69 Å². The molecule has 0 aromatic heterocycles. The van der Waals surface area contributed by atoms with Crippen LogP contribution >= 0.6 is 11.8 Å². The summed E-state index contributed by atoms with van der Waals surface area (Å²) in [5.74, 6) is 0.0885. The van der Waals surface area contributed by atoms with Gasteiger partial charge in [0.1, 0.15) is 22.8 Å². The number of ether oxygens (including phenoxy) is 4. The number of hydrogen-bond acceptors (Lipinski definition) is 9. The summed E-state index contributed by atoms with van der Waals surface area (Å²) in [6.07, 6.45) is 13.0. The lowest BCUT2D eigenvalue weighted by molar-refractivity contribution is -0.176. The number of para-hydroxylation sites is 1. The van der Waals surface area contributed by atoms with Gasteiger partial charge in [0.2, 0.25) is 0 Å². The number of phenolic OH excluding ortho intramolecular Hbond substituents is 1. The van der Waals surface area contributed by atoms with Crippen LogP contribution < -0.4 is 14.8 Å². The number of Topliss-reactive ketones (excluding diaryl/α,β-unsaturated/α-hetero) is 1. The van der Waals surface area contributed by atoms with Gasteiger partial charge in [-0.05, 0) is 105 Å². The van der Waals surface area contributed by atoms with Crippen molar-refractivity contribution in [3.05, 3.63) is 87.6 Å². The number of allylic oxidation sites excluding steroid dienone is 4. The summed E-state index contributed by atoms with van der Waals surface area (Å²) < 4.78 is 26.9. The van der Waals surface area contributed by atoms with E-state index in [1.807, 2.05) is 24.3 Å². The number of methoxy groups -OCH3 is 1. The highest BCUT2D eigenvalue weighted by Crippen LogP contribution is 2.73. The predicted octanol–water partition coefficient (Wildman–Crippen LogP) is 9.52. The van der Waals surface area contributed by atoms with Crippen molar-refractivity contribution in [2.45, 2.75) is 120 Å². The molecule has 3 saturated carbocycles. The summed E-state index contributed by atoms with van der Waals surface area (Å²) >= 11 is 1.68. The molecule has 6 atom stereocenters. The molecule has 9 heteroatoms. The van der Waals surface area contributed by atoms with Gasteiger partial charge in [-0.3, -0.25) is 4.79 Å². The molecule has 1 spiro atoms. The van der Waals surface area contributed by atoms with Gasteiger partial charge < -0.3 is 29.4 Å². The van der Waals surface area contributed by atoms with E-state index < -0.39 is 28.4 Å². The molecular formula is C45H51NO7S. The van der Waals surface area contributed by atoms with E-state index in [4.69, 9.17) is 18.9 Å². The lowest BCUT2D eigenvalue weighted by Crippen LogP contribution is -2.75. The number of nitrogens with one attached hydrogen (secondary N) is 1. The van der Waals surface area contributed by atoms with Crippen LogP contribution in [0.1, 0.15) is 97.8 Å². The Morgan fingerprint density at radius 3 is 2.50 bits per heavy atom. The van der Waals surface area contributed by atoms with Crippen molar-refractivity contribution in [2.75, 3.05) is 12.4 Å². The summed E-state index contributed by atoms with van der Waals surface area (Å²) in [4.78, 5) is 29.0. The van der Waals surface area contributed by atoms with E-state index in [1.165, 1.54) is 12.7 Å². The average Bonchev–Trinajstić information content (AvgIpc) is 3.20. The lowest BCUT2D eigenvalue weighted by Gasteiger charge is -2.60. The first-order valence-electron chi connectivity index (χ1n) is 19.1. The Morgan fingerprint density at radius 1 is 1.04 bits per heavy atom. The van der Waals surface area contributed by atoms with E-state index in [9.17, 15) is 9.90 Å². The molecule has 1 saturated heterocycles. The Kier molecular flexibility index (Phi) is 8.62. The quantitative estimate of drug-likeness (QED) is 0.155. The molecule has 284 valence electrons. The molecule has 4 fully saturated rings. The van der Waals surface area contributed by atoms with Crippen molar-refractivity contribution in [1.29, 1.82) is 0 Å². The summed E-state index contributed by atoms with van der Waals surface area (Å²) in [6.45, 7) is 16.2. The minimum absolute atomic E-state index is 0.0132. The molecule has 54 heavy (non-hydrogen) atoms. The molecule has 4 aliphatic heterocycles. The smallest absolute Gasteiger partial charge is 0.333 e. The maximum absolute atomic E-state index is 15.3. The SMILES string of the molecule is COC(=O)/C(C)=C\CC12OC(C)(C)C3CC(C1=O)C1Sc4ccccc4NC4=C1C32Oc1c(CC=C(C)C)c2c(c(O)c14)C=CC(C)(CCC=C(C)C)O2. The van der Waals surface area contributed by atoms with Crippen LogP contribution in [-0.2, 0) is 25.5 Å². The predicted molar refractivity (Wildman–Crippen MR) is 213 cm³/mol. The van der Waals surface area contributed by atoms with Crippen LogP contribution in [0.15, 0.2) is 75.8 Å². The second-order valence-corrected chi connectivity index (χ2v) is 18.2. The molecule has 7 aliphatic rings. The highest BCUT2D eigenvalue weighted by Gasteiger charge is 2.83. The van der Waals surface area contributed by atoms with Gasteiger partial charge in [0.25, 0.3) is 0 Å². The Bertz CT molecular complexity index is 2150. The van der Waals surface area contributed by atoms with Crippen molar-refractivity contribution < 1.29 is 33.6 Å². The summed E-state index contributed by atoms with van der Waals surface area (Å²) in [6, 6.07) is 8.15. The second-order valence-electron chi connectivity index (χ2n) is 17.0. The zero-order chi connectivity index (χ0) is 38.5. The number of anilines is 1. The number of carbonyl (C=O) groups is 2. The van der Waals surface area contributed by atoms with E-state index in [-0.39, 0.29) is 35.0 Å². The fraction of sp³-hybridized carbons (Fsp3) is 0.467. The largest absolute Gasteiger partial charge is 0.506 e. The van der Waals surface area contributed by atoms with Gasteiger partial charge in [0.05, 0.1) is 35.2 Å². The van der Waals surface area contributed by atoms with Gasteiger partial charge in [-0.1, -0.05) is 41.5 Å². The average molecular weight is 750 g/mol. The monoisotopic (exact) mass is 749 g/mol. The van der Waals surface area contributed by atoms with Crippen molar-refractivity contribution >= 4 is 41.0 Å². The van der Waals surface area contributed by atoms with Crippen LogP contribution in [-0.4, -0.2) is 51.6 Å². The van der Waals surface area contributed by atoms with Crippen molar-refractivity contribution in [1.82, 2.24) is 0 Å². The highest BCUT2D eigenvalue weighted by atomic mass is 32.2. The molecule has 2 N–H and O–H groups in total. The Morgan fingerprint density at radius 2 is 1.78 bits per heavy atom. The van der Waals surface area contributed by atoms with Crippen molar-refractivity contribution in [2.24, 2.45) is 11.8 Å². The molecule has 9 rings (SSSR count). The van der Waals surface area contributed by atoms with E-state index >= 15 is 4.79 Å². The van der Waals surface area contributed by atoms with Crippen LogP contribution in [0.3, 0.4) is 0 Å². The van der Waals surface area contributed by atoms with Gasteiger partial charge >= 0.3 is 5.97 Å². The molecule has 0 radical (unpaired) electrons. The minimum atomic E-state index is -1.45. The van der Waals surface area contributed by atoms with Gasteiger partial charge in [0.15, 0.2) is 17.0 Å². The maximum Gasteiger partial charge on any atom is 0.333 e. The van der Waals surface area contributed by atoms with E-state index in [1.54, 1.807) is 24.8 Å². The number of aromatic hydroxyl groups is 1. The third kappa shape index (κ3) is 5.20. The number of phenols is 1. The van der Waals surface area contributed by atoms with E-state index in [2.05, 4.69) is 78.1 Å². The third-order valence-corrected chi connectivity index (χ3v) is 13.8. The van der Waals surface area contributed by atoms with Gasteiger partial charge in [0, 0.05) is 45.1 Å². The molecular weight excluding hydrogens is 699 g/mol. The molecule has 2 aromatic carbocycles. The standard InChI is InChI=1S/C45H51NO7S/c1-24(2)13-12-20-43(8)21-19-27-36(47)33-35-34-39(54-31-15-11-10-14-30(31)46-35)29-23-32-42(6,7)53-44(40(29)48,22-18-26(5)41(49)50-9)45(32,34)52-38(33)28(37(27)51-43)17-16-25(3)4/h10-11,13-16,18-19,21,29,32,39,46-47H,12,17,20,22-23H2,1-9H3/b26-18-. The van der Waals surface area contributed by atoms with Crippen molar-refractivity contribution in [3.63, 3.8) is 0 Å². The Balaban J connectivity index is 1.43. The number of carbonyl (C=O) groups excluding carboxylic acids is 2. The van der Waals surface area contributed by atoms with Crippen LogP contribution in [0.25, 0.3) is 11.8 Å². The van der Waals surface area contributed by atoms with Crippen LogP contribution in [0.5, 0.6) is 17.2 Å². The van der Waals surface area contributed by atoms with Gasteiger partial charge in [-0.25, -0.2) is 4.79 Å². The fourth-order valence-corrected chi connectivity index (χ4v) is 11.3. The minimum Gasteiger partial charge on any atom is -0.506 e. The van der Waals surface area contributed by atoms with Crippen LogP contribution in [0, 0.1) is 11.8 Å². The molecule has 4 bridgehead atoms. The second kappa shape index (κ2) is 12.7. The zero-order valence-corrected chi connectivity index (χ0v) is 33.6. The molecule has 2 aromatic rings. The third-order valence-electron chi connectivity index (χ3n) is 12.4. The number of benzene rings is 2. The lowest BCUT2D eigenvalue weighted by atomic mass is 9.49. The Labute approximate surface area is 322 Å². The maximum atomic E-state index is 15.3. The highest BCUT2D eigenvalue weighted by molar-refractivity contribution is 8.00. The first-order chi connectivity index (χ1) is 25.6. The normalized spacial score (nSPS) is 30.4.